The van der Waals surface area contributed by atoms with Crippen molar-refractivity contribution < 1.29 is 23.1 Å². The first kappa shape index (κ1) is 20.6. The molecule has 1 amide bonds. The summed E-state index contributed by atoms with van der Waals surface area (Å²) >= 11 is 0. The van der Waals surface area contributed by atoms with Crippen LogP contribution in [0.1, 0.15) is 48.3 Å². The van der Waals surface area contributed by atoms with E-state index in [1.807, 2.05) is 38.1 Å². The molecule has 0 radical (unpaired) electrons. The molecule has 0 spiro atoms. The molecule has 0 fully saturated rings. The van der Waals surface area contributed by atoms with Crippen LogP contribution in [0.25, 0.3) is 0 Å². The smallest absolute Gasteiger partial charge is 0.344 e. The Morgan fingerprint density at radius 2 is 1.63 bits per heavy atom. The molecule has 0 aliphatic heterocycles. The maximum Gasteiger partial charge on any atom is 0.344 e. The van der Waals surface area contributed by atoms with Crippen molar-refractivity contribution in [3.05, 3.63) is 70.8 Å². The molecule has 0 heterocycles. The lowest BCUT2D eigenvalue weighted by atomic mass is 9.95. The summed E-state index contributed by atoms with van der Waals surface area (Å²) in [5.74, 6) is -3.72. The Kier molecular flexibility index (Phi) is 7.05. The van der Waals surface area contributed by atoms with Gasteiger partial charge in [0, 0.05) is 0 Å². The van der Waals surface area contributed by atoms with Crippen LogP contribution in [0.3, 0.4) is 0 Å². The Morgan fingerprint density at radius 3 is 2.15 bits per heavy atom. The van der Waals surface area contributed by atoms with Gasteiger partial charge in [0.1, 0.15) is 17.2 Å². The number of carbonyl (C=O) groups excluding carboxylic acids is 2. The van der Waals surface area contributed by atoms with Gasteiger partial charge in [0.2, 0.25) is 0 Å². The van der Waals surface area contributed by atoms with Crippen molar-refractivity contribution in [2.75, 3.05) is 6.61 Å². The SMILES string of the molecule is CCc1ccc([C@@H](NC(=O)COC(=O)c2c(F)cccc2F)C(C)C)cc1. The molecule has 27 heavy (non-hydrogen) atoms. The summed E-state index contributed by atoms with van der Waals surface area (Å²) in [4.78, 5) is 24.1. The van der Waals surface area contributed by atoms with E-state index in [0.717, 1.165) is 30.2 Å². The summed E-state index contributed by atoms with van der Waals surface area (Å²) in [6.07, 6.45) is 0.918. The van der Waals surface area contributed by atoms with Gasteiger partial charge in [0.25, 0.3) is 5.91 Å². The number of carbonyl (C=O) groups is 2. The highest BCUT2D eigenvalue weighted by molar-refractivity contribution is 5.91. The fourth-order valence-electron chi connectivity index (χ4n) is 2.71. The molecule has 0 aliphatic rings. The molecule has 0 aliphatic carbocycles. The van der Waals surface area contributed by atoms with Crippen LogP contribution in [-0.4, -0.2) is 18.5 Å². The fraction of sp³-hybridized carbons (Fsp3) is 0.333. The Hall–Kier alpha value is -2.76. The van der Waals surface area contributed by atoms with E-state index in [2.05, 4.69) is 12.2 Å². The third-order valence-electron chi connectivity index (χ3n) is 4.23. The van der Waals surface area contributed by atoms with Crippen LogP contribution in [0.4, 0.5) is 8.78 Å². The zero-order valence-electron chi connectivity index (χ0n) is 15.6. The Labute approximate surface area is 157 Å². The molecular formula is C21H23F2NO3. The summed E-state index contributed by atoms with van der Waals surface area (Å²) < 4.78 is 31.9. The van der Waals surface area contributed by atoms with Gasteiger partial charge >= 0.3 is 5.97 Å². The minimum absolute atomic E-state index is 0.0983. The summed E-state index contributed by atoms with van der Waals surface area (Å²) in [5.41, 5.74) is 1.32. The molecule has 0 saturated carbocycles. The van der Waals surface area contributed by atoms with Crippen LogP contribution < -0.4 is 5.32 Å². The Balaban J connectivity index is 2.00. The number of benzene rings is 2. The summed E-state index contributed by atoms with van der Waals surface area (Å²) in [5, 5.41) is 2.80. The number of hydrogen-bond acceptors (Lipinski definition) is 3. The Bertz CT molecular complexity index is 783. The van der Waals surface area contributed by atoms with Crippen LogP contribution in [-0.2, 0) is 16.0 Å². The first-order valence-corrected chi connectivity index (χ1v) is 8.82. The number of esters is 1. The number of nitrogens with one attached hydrogen (secondary N) is 1. The highest BCUT2D eigenvalue weighted by atomic mass is 19.1. The monoisotopic (exact) mass is 375 g/mol. The van der Waals surface area contributed by atoms with Crippen molar-refractivity contribution in [2.24, 2.45) is 5.92 Å². The highest BCUT2D eigenvalue weighted by Gasteiger charge is 2.22. The molecule has 4 nitrogen and oxygen atoms in total. The number of rotatable bonds is 7. The first-order chi connectivity index (χ1) is 12.8. The molecule has 144 valence electrons. The number of aryl methyl sites for hydroxylation is 1. The summed E-state index contributed by atoms with van der Waals surface area (Å²) in [7, 11) is 0. The maximum absolute atomic E-state index is 13.6. The molecule has 2 aromatic rings. The molecule has 2 aromatic carbocycles. The zero-order valence-corrected chi connectivity index (χ0v) is 15.6. The van der Waals surface area contributed by atoms with Crippen molar-refractivity contribution in [3.63, 3.8) is 0 Å². The lowest BCUT2D eigenvalue weighted by Crippen LogP contribution is -2.35. The second kappa shape index (κ2) is 9.26. The first-order valence-electron chi connectivity index (χ1n) is 8.82. The predicted octanol–water partition coefficient (Wildman–Crippen LogP) is 4.20. The lowest BCUT2D eigenvalue weighted by Gasteiger charge is -2.23. The van der Waals surface area contributed by atoms with E-state index in [1.165, 1.54) is 5.56 Å². The lowest BCUT2D eigenvalue weighted by molar-refractivity contribution is -0.125. The third-order valence-corrected chi connectivity index (χ3v) is 4.23. The van der Waals surface area contributed by atoms with Gasteiger partial charge in [0.05, 0.1) is 6.04 Å². The molecule has 1 N–H and O–H groups in total. The van der Waals surface area contributed by atoms with Gasteiger partial charge in [-0.1, -0.05) is 51.1 Å². The fourth-order valence-corrected chi connectivity index (χ4v) is 2.71. The molecular weight excluding hydrogens is 352 g/mol. The molecule has 1 atom stereocenters. The van der Waals surface area contributed by atoms with Crippen LogP contribution in [0, 0.1) is 17.6 Å². The van der Waals surface area contributed by atoms with Crippen LogP contribution in [0.5, 0.6) is 0 Å². The van der Waals surface area contributed by atoms with Gasteiger partial charge in [-0.05, 0) is 35.6 Å². The van der Waals surface area contributed by atoms with E-state index in [-0.39, 0.29) is 12.0 Å². The van der Waals surface area contributed by atoms with Crippen molar-refractivity contribution in [1.29, 1.82) is 0 Å². The average molecular weight is 375 g/mol. The standard InChI is InChI=1S/C21H23F2NO3/c1-4-14-8-10-15(11-9-14)20(13(2)3)24-18(25)12-27-21(26)19-16(22)6-5-7-17(19)23/h5-11,13,20H,4,12H2,1-3H3,(H,24,25)/t20-/m0/s1. The van der Waals surface area contributed by atoms with Crippen LogP contribution in [0.15, 0.2) is 42.5 Å². The molecule has 0 saturated heterocycles. The van der Waals surface area contributed by atoms with E-state index in [9.17, 15) is 18.4 Å². The largest absolute Gasteiger partial charge is 0.452 e. The van der Waals surface area contributed by atoms with Crippen molar-refractivity contribution in [1.82, 2.24) is 5.32 Å². The number of halogens is 2. The van der Waals surface area contributed by atoms with Crippen molar-refractivity contribution in [2.45, 2.75) is 33.2 Å². The predicted molar refractivity (Wildman–Crippen MR) is 98.2 cm³/mol. The minimum Gasteiger partial charge on any atom is -0.452 e. The molecule has 6 heteroatoms. The van der Waals surface area contributed by atoms with E-state index < -0.39 is 35.7 Å². The zero-order chi connectivity index (χ0) is 20.0. The second-order valence-corrected chi connectivity index (χ2v) is 6.56. The second-order valence-electron chi connectivity index (χ2n) is 6.56. The minimum atomic E-state index is -1.21. The summed E-state index contributed by atoms with van der Waals surface area (Å²) in [6, 6.07) is 10.7. The van der Waals surface area contributed by atoms with Gasteiger partial charge < -0.3 is 10.1 Å². The number of amides is 1. The number of ether oxygens (including phenoxy) is 1. The molecule has 0 unspecified atom stereocenters. The van der Waals surface area contributed by atoms with Gasteiger partial charge in [0.15, 0.2) is 6.61 Å². The topological polar surface area (TPSA) is 55.4 Å². The number of hydrogen-bond donors (Lipinski definition) is 1. The van der Waals surface area contributed by atoms with E-state index in [4.69, 9.17) is 4.74 Å². The highest BCUT2D eigenvalue weighted by Crippen LogP contribution is 2.22. The van der Waals surface area contributed by atoms with Crippen LogP contribution >= 0.6 is 0 Å². The van der Waals surface area contributed by atoms with Gasteiger partial charge in [-0.2, -0.15) is 0 Å². The van der Waals surface area contributed by atoms with Crippen molar-refractivity contribution >= 4 is 11.9 Å². The molecule has 0 bridgehead atoms. The maximum atomic E-state index is 13.6. The summed E-state index contributed by atoms with van der Waals surface area (Å²) in [6.45, 7) is 5.35. The van der Waals surface area contributed by atoms with Crippen LogP contribution in [0.2, 0.25) is 0 Å². The van der Waals surface area contributed by atoms with E-state index in [0.29, 0.717) is 0 Å². The van der Waals surface area contributed by atoms with Gasteiger partial charge in [-0.25, -0.2) is 13.6 Å². The van der Waals surface area contributed by atoms with Crippen molar-refractivity contribution in [3.8, 4) is 0 Å². The van der Waals surface area contributed by atoms with Gasteiger partial charge in [-0.3, -0.25) is 4.79 Å². The average Bonchev–Trinajstić information content (AvgIpc) is 2.64. The quantitative estimate of drug-likeness (QED) is 0.738. The third kappa shape index (κ3) is 5.36. The normalized spacial score (nSPS) is 11.9. The van der Waals surface area contributed by atoms with E-state index >= 15 is 0 Å². The molecule has 2 rings (SSSR count). The Morgan fingerprint density at radius 1 is 1.04 bits per heavy atom. The molecule has 0 aromatic heterocycles. The van der Waals surface area contributed by atoms with Gasteiger partial charge in [-0.15, -0.1) is 0 Å². The van der Waals surface area contributed by atoms with E-state index in [1.54, 1.807) is 0 Å².